The maximum Gasteiger partial charge on any atom is 0.163 e. The number of allylic oxidation sites excluding steroid dienone is 2. The van der Waals surface area contributed by atoms with Crippen LogP contribution in [0.1, 0.15) is 148 Å². The predicted octanol–water partition coefficient (Wildman–Crippen LogP) is 7.74. The molecule has 12 atom stereocenters. The van der Waals surface area contributed by atoms with E-state index in [0.29, 0.717) is 36.9 Å². The van der Waals surface area contributed by atoms with Crippen molar-refractivity contribution >= 4 is 17.8 Å². The van der Waals surface area contributed by atoms with Gasteiger partial charge < -0.3 is 19.7 Å². The molecule has 8 heteroatoms. The molecule has 4 saturated carbocycles. The molecule has 334 valence electrons. The number of quaternary nitrogens is 1. The second-order valence-corrected chi connectivity index (χ2v) is 24.2. The summed E-state index contributed by atoms with van der Waals surface area (Å²) in [5.41, 5.74) is 8.99. The monoisotopic (exact) mass is 846 g/mol. The SMILES string of the molecule is Cc1cc(CC2=C3N=CC4=C3[NH+](C2)C[C@@H]2C3=C(C(=O)[C@H]5CCC[C@]6(CC[C@H]7C(C)(C)C(=O)CC[C@]7(C)[C@@H]6[C@@H]2O)[C@]35C)[C@](C)(C[C@@H](O)[C@@H]2OC2(C)C)CC4)cc(C2CCOCC2)c1. The summed E-state index contributed by atoms with van der Waals surface area (Å²) in [6, 6.07) is 7.18. The van der Waals surface area contributed by atoms with Crippen LogP contribution in [0.2, 0.25) is 0 Å². The topological polar surface area (TPSA) is 113 Å². The first-order valence-corrected chi connectivity index (χ1v) is 24.7. The fourth-order valence-electron chi connectivity index (χ4n) is 17.4. The standard InChI is InChI=1S/C54H72N2O6/c1-30-22-31(24-34(23-30)32-14-20-61-21-15-32)25-35-28-56-29-36-41-42(51(6,26-38(57)48-50(4,5)62-48)17-11-33-27-55-43(35)44(33)56)46(60)37-10-9-16-54(53(37,41)8)19-12-39-49(2,3)40(58)13-18-52(39,7)47(54)45(36)59/h22-24,27,32,36-39,45,47-48,57,59H,9-21,25-26,28-29H2,1-8H3/p+1/t36-,37-,38-,39+,45-,47+,48+,51+,52+,53+,54-/m1/s1. The van der Waals surface area contributed by atoms with Crippen LogP contribution in [0.15, 0.2) is 56.9 Å². The molecule has 0 radical (unpaired) electrons. The molecular weight excluding hydrogens is 773 g/mol. The highest BCUT2D eigenvalue weighted by molar-refractivity contribution is 6.04. The van der Waals surface area contributed by atoms with Crippen molar-refractivity contribution in [2.75, 3.05) is 26.3 Å². The number of epoxide rings is 1. The average Bonchev–Trinajstić information content (AvgIpc) is 3.45. The summed E-state index contributed by atoms with van der Waals surface area (Å²) in [6.07, 6.45) is 11.6. The zero-order valence-corrected chi connectivity index (χ0v) is 38.9. The van der Waals surface area contributed by atoms with E-state index in [4.69, 9.17) is 14.5 Å². The number of nitrogens with one attached hydrogen (secondary N) is 1. The number of aliphatic hydroxyl groups excluding tert-OH is 2. The van der Waals surface area contributed by atoms with Gasteiger partial charge in [-0.2, -0.15) is 0 Å². The second-order valence-electron chi connectivity index (χ2n) is 24.2. The Labute approximate surface area is 370 Å². The van der Waals surface area contributed by atoms with Crippen molar-refractivity contribution in [2.24, 2.45) is 55.7 Å². The van der Waals surface area contributed by atoms with E-state index in [1.165, 1.54) is 44.0 Å². The number of ether oxygens (including phenoxy) is 2. The van der Waals surface area contributed by atoms with Gasteiger partial charge in [0.1, 0.15) is 24.1 Å². The van der Waals surface area contributed by atoms with E-state index in [9.17, 15) is 15.0 Å². The Balaban J connectivity index is 1.05. The molecule has 5 heterocycles. The number of carbonyl (C=O) groups is 2. The Hall–Kier alpha value is -2.75. The zero-order valence-electron chi connectivity index (χ0n) is 38.9. The molecule has 0 aromatic heterocycles. The molecule has 5 aliphatic heterocycles. The number of rotatable bonds is 6. The largest absolute Gasteiger partial charge is 0.392 e. The van der Waals surface area contributed by atoms with Crippen molar-refractivity contribution in [3.05, 3.63) is 68.6 Å². The summed E-state index contributed by atoms with van der Waals surface area (Å²) in [5, 5.41) is 25.8. The highest BCUT2D eigenvalue weighted by atomic mass is 16.6. The summed E-state index contributed by atoms with van der Waals surface area (Å²) < 4.78 is 11.8. The van der Waals surface area contributed by atoms with E-state index in [1.807, 2.05) is 0 Å². The number of hydrogen-bond donors (Lipinski definition) is 3. The van der Waals surface area contributed by atoms with Crippen molar-refractivity contribution < 1.29 is 34.2 Å². The maximum absolute atomic E-state index is 15.8. The molecule has 0 amide bonds. The van der Waals surface area contributed by atoms with E-state index in [0.717, 1.165) is 102 Å². The molecule has 5 aliphatic carbocycles. The zero-order chi connectivity index (χ0) is 43.5. The lowest BCUT2D eigenvalue weighted by molar-refractivity contribution is -0.852. The van der Waals surface area contributed by atoms with Crippen molar-refractivity contribution in [1.29, 1.82) is 0 Å². The van der Waals surface area contributed by atoms with Gasteiger partial charge in [-0.25, -0.2) is 4.99 Å². The van der Waals surface area contributed by atoms with Gasteiger partial charge in [0.15, 0.2) is 11.5 Å². The van der Waals surface area contributed by atoms with Crippen LogP contribution in [0.25, 0.3) is 0 Å². The molecule has 1 unspecified atom stereocenters. The van der Waals surface area contributed by atoms with Gasteiger partial charge in [-0.05, 0) is 136 Å². The molecule has 11 rings (SSSR count). The summed E-state index contributed by atoms with van der Waals surface area (Å²) in [6.45, 7) is 21.1. The highest BCUT2D eigenvalue weighted by Crippen LogP contribution is 2.79. The maximum atomic E-state index is 15.8. The Morgan fingerprint density at radius 1 is 0.935 bits per heavy atom. The fourth-order valence-corrected chi connectivity index (χ4v) is 17.4. The van der Waals surface area contributed by atoms with Gasteiger partial charge in [-0.1, -0.05) is 64.8 Å². The third-order valence-electron chi connectivity index (χ3n) is 20.2. The van der Waals surface area contributed by atoms with Crippen molar-refractivity contribution in [3.63, 3.8) is 0 Å². The van der Waals surface area contributed by atoms with Crippen molar-refractivity contribution in [2.45, 2.75) is 169 Å². The quantitative estimate of drug-likeness (QED) is 0.253. The van der Waals surface area contributed by atoms with Crippen LogP contribution < -0.4 is 4.90 Å². The van der Waals surface area contributed by atoms with E-state index >= 15 is 4.79 Å². The lowest BCUT2D eigenvalue weighted by atomic mass is 9.31. The smallest absolute Gasteiger partial charge is 0.163 e. The third-order valence-corrected chi connectivity index (χ3v) is 20.2. The summed E-state index contributed by atoms with van der Waals surface area (Å²) in [4.78, 5) is 36.2. The average molecular weight is 846 g/mol. The number of fused-ring (bicyclic) bond motifs is 2. The number of ketones is 2. The first kappa shape index (κ1) is 41.9. The fraction of sp³-hybridized carbons (Fsp3) is 0.722. The second kappa shape index (κ2) is 13.9. The van der Waals surface area contributed by atoms with Gasteiger partial charge in [-0.3, -0.25) is 14.5 Å². The molecule has 10 aliphatic rings. The van der Waals surface area contributed by atoms with Gasteiger partial charge in [0, 0.05) is 65.7 Å². The number of aliphatic hydroxyl groups is 2. The number of aryl methyl sites for hydroxylation is 1. The van der Waals surface area contributed by atoms with Crippen molar-refractivity contribution in [1.82, 2.24) is 0 Å². The number of benzene rings is 1. The number of nitrogens with zero attached hydrogens (tertiary/aromatic N) is 1. The molecule has 2 saturated heterocycles. The number of hydrogen-bond acceptors (Lipinski definition) is 7. The van der Waals surface area contributed by atoms with E-state index in [2.05, 4.69) is 79.8 Å². The van der Waals surface area contributed by atoms with E-state index in [-0.39, 0.29) is 46.2 Å². The molecule has 62 heavy (non-hydrogen) atoms. The lowest BCUT2D eigenvalue weighted by Crippen LogP contribution is -3.10. The summed E-state index contributed by atoms with van der Waals surface area (Å²) in [7, 11) is 0. The Morgan fingerprint density at radius 2 is 1.69 bits per heavy atom. The Bertz CT molecular complexity index is 2260. The lowest BCUT2D eigenvalue weighted by Gasteiger charge is -2.72. The van der Waals surface area contributed by atoms with Gasteiger partial charge in [0.2, 0.25) is 0 Å². The van der Waals surface area contributed by atoms with Gasteiger partial charge in [0.05, 0.1) is 30.3 Å². The van der Waals surface area contributed by atoms with Crippen LogP contribution >= 0.6 is 0 Å². The predicted molar refractivity (Wildman–Crippen MR) is 240 cm³/mol. The molecule has 1 aromatic carbocycles. The van der Waals surface area contributed by atoms with E-state index in [1.54, 1.807) is 0 Å². The normalized spacial score (nSPS) is 43.4. The van der Waals surface area contributed by atoms with Crippen LogP contribution in [-0.2, 0) is 25.5 Å². The Kier molecular flexibility index (Phi) is 9.39. The summed E-state index contributed by atoms with van der Waals surface area (Å²) in [5.74, 6) is 0.990. The third kappa shape index (κ3) is 5.70. The molecular formula is C54H73N2O6+. The van der Waals surface area contributed by atoms with Crippen LogP contribution in [0.5, 0.6) is 0 Å². The molecule has 0 bridgehead atoms. The van der Waals surface area contributed by atoms with Gasteiger partial charge in [0.25, 0.3) is 0 Å². The Morgan fingerprint density at radius 3 is 2.44 bits per heavy atom. The minimum Gasteiger partial charge on any atom is -0.392 e. The van der Waals surface area contributed by atoms with Crippen molar-refractivity contribution in [3.8, 4) is 0 Å². The molecule has 6 fully saturated rings. The van der Waals surface area contributed by atoms with Gasteiger partial charge in [-0.15, -0.1) is 0 Å². The minimum atomic E-state index is -0.703. The molecule has 1 spiro atoms. The van der Waals surface area contributed by atoms with Crippen LogP contribution in [-0.4, -0.2) is 78.2 Å². The first-order valence-electron chi connectivity index (χ1n) is 24.7. The van der Waals surface area contributed by atoms with Gasteiger partial charge >= 0.3 is 0 Å². The molecule has 1 aromatic rings. The van der Waals surface area contributed by atoms with E-state index < -0.39 is 28.5 Å². The highest BCUT2D eigenvalue weighted by Gasteiger charge is 2.77. The first-order chi connectivity index (χ1) is 29.3. The minimum absolute atomic E-state index is 0.0200. The molecule has 3 N–H and O–H groups in total. The molecule has 8 nitrogen and oxygen atoms in total. The van der Waals surface area contributed by atoms with Crippen LogP contribution in [0.4, 0.5) is 0 Å². The van der Waals surface area contributed by atoms with Crippen LogP contribution in [0.3, 0.4) is 0 Å². The van der Waals surface area contributed by atoms with Crippen LogP contribution in [0, 0.1) is 57.7 Å². The number of Topliss-reactive ketones (excluding diaryl/α,β-unsaturated/α-hetero) is 2. The number of carbonyl (C=O) groups excluding carboxylic acids is 2. The number of aliphatic imine (C=N–C) groups is 1. The summed E-state index contributed by atoms with van der Waals surface area (Å²) >= 11 is 0.